The predicted molar refractivity (Wildman–Crippen MR) is 119 cm³/mol. The molecule has 3 aromatic rings. The first kappa shape index (κ1) is 20.9. The Bertz CT molecular complexity index is 1110. The fourth-order valence-electron chi connectivity index (χ4n) is 3.43. The maximum atomic E-state index is 13.0. The Balaban J connectivity index is 1.43. The largest absolute Gasteiger partial charge is 0.492 e. The van der Waals surface area contributed by atoms with Crippen LogP contribution in [0.15, 0.2) is 65.6 Å². The summed E-state index contributed by atoms with van der Waals surface area (Å²) in [4.78, 5) is 2.44. The molecule has 0 atom stereocenters. The minimum Gasteiger partial charge on any atom is -0.492 e. The van der Waals surface area contributed by atoms with Crippen LogP contribution < -0.4 is 9.46 Å². The van der Waals surface area contributed by atoms with Gasteiger partial charge >= 0.3 is 0 Å². The lowest BCUT2D eigenvalue weighted by Crippen LogP contribution is -2.38. The molecule has 0 bridgehead atoms. The quantitative estimate of drug-likeness (QED) is 0.594. The van der Waals surface area contributed by atoms with Gasteiger partial charge in [0.05, 0.1) is 18.1 Å². The van der Waals surface area contributed by atoms with E-state index in [0.29, 0.717) is 28.5 Å². The van der Waals surface area contributed by atoms with Gasteiger partial charge in [-0.1, -0.05) is 35.9 Å². The van der Waals surface area contributed by atoms with E-state index in [4.69, 9.17) is 21.1 Å². The molecule has 4 rings (SSSR count). The van der Waals surface area contributed by atoms with Crippen molar-refractivity contribution in [2.75, 3.05) is 44.2 Å². The van der Waals surface area contributed by atoms with Crippen molar-refractivity contribution in [3.05, 3.63) is 65.7 Å². The molecule has 0 amide bonds. The van der Waals surface area contributed by atoms with Crippen LogP contribution in [0.4, 0.5) is 5.69 Å². The van der Waals surface area contributed by atoms with Crippen molar-refractivity contribution in [1.29, 1.82) is 0 Å². The van der Waals surface area contributed by atoms with Gasteiger partial charge in [-0.25, -0.2) is 8.42 Å². The zero-order chi connectivity index (χ0) is 21.0. The highest BCUT2D eigenvalue weighted by molar-refractivity contribution is 7.93. The number of benzene rings is 3. The van der Waals surface area contributed by atoms with E-state index in [1.54, 1.807) is 48.5 Å². The first-order chi connectivity index (χ1) is 14.5. The Morgan fingerprint density at radius 1 is 1.00 bits per heavy atom. The molecular formula is C22H23ClN2O4S. The average Bonchev–Trinajstić information content (AvgIpc) is 2.75. The lowest BCUT2D eigenvalue weighted by atomic mass is 10.1. The molecule has 0 aromatic heterocycles. The number of ether oxygens (including phenoxy) is 2. The highest BCUT2D eigenvalue weighted by atomic mass is 35.5. The second kappa shape index (κ2) is 9.22. The fourth-order valence-corrected chi connectivity index (χ4v) is 5.08. The van der Waals surface area contributed by atoms with Crippen molar-refractivity contribution in [3.63, 3.8) is 0 Å². The van der Waals surface area contributed by atoms with Crippen LogP contribution in [-0.4, -0.2) is 52.8 Å². The van der Waals surface area contributed by atoms with Gasteiger partial charge in [0.15, 0.2) is 0 Å². The average molecular weight is 447 g/mol. The van der Waals surface area contributed by atoms with Crippen molar-refractivity contribution >= 4 is 38.1 Å². The monoisotopic (exact) mass is 446 g/mol. The molecule has 6 nitrogen and oxygen atoms in total. The van der Waals surface area contributed by atoms with Gasteiger partial charge in [-0.3, -0.25) is 9.62 Å². The number of rotatable bonds is 7. The van der Waals surface area contributed by atoms with Gasteiger partial charge in [-0.15, -0.1) is 0 Å². The van der Waals surface area contributed by atoms with Gasteiger partial charge in [0, 0.05) is 35.7 Å². The lowest BCUT2D eigenvalue weighted by Gasteiger charge is -2.26. The Morgan fingerprint density at radius 3 is 2.43 bits per heavy atom. The van der Waals surface area contributed by atoms with Crippen LogP contribution in [0.2, 0.25) is 5.02 Å². The van der Waals surface area contributed by atoms with Crippen LogP contribution in [0.3, 0.4) is 0 Å². The lowest BCUT2D eigenvalue weighted by molar-refractivity contribution is 0.0322. The molecular weight excluding hydrogens is 424 g/mol. The van der Waals surface area contributed by atoms with Gasteiger partial charge in [-0.05, 0) is 41.8 Å². The van der Waals surface area contributed by atoms with E-state index in [9.17, 15) is 8.42 Å². The summed E-state index contributed by atoms with van der Waals surface area (Å²) in [5.74, 6) is 0.694. The number of hydrogen-bond acceptors (Lipinski definition) is 5. The summed E-state index contributed by atoms with van der Waals surface area (Å²) in [6.07, 6.45) is 0. The molecule has 3 aromatic carbocycles. The molecule has 158 valence electrons. The molecule has 1 saturated heterocycles. The third-order valence-corrected chi connectivity index (χ3v) is 6.73. The molecule has 0 spiro atoms. The van der Waals surface area contributed by atoms with E-state index in [2.05, 4.69) is 9.62 Å². The fraction of sp³-hybridized carbons (Fsp3) is 0.273. The molecule has 8 heteroatoms. The zero-order valence-corrected chi connectivity index (χ0v) is 18.0. The smallest absolute Gasteiger partial charge is 0.262 e. The number of hydrogen-bond donors (Lipinski definition) is 1. The number of sulfonamides is 1. The topological polar surface area (TPSA) is 67.9 Å². The SMILES string of the molecule is O=S(=O)(Nc1ccc(OCCN2CCOCC2)cc1)c1cccc2cccc(Cl)c12. The van der Waals surface area contributed by atoms with Crippen LogP contribution in [0.25, 0.3) is 10.8 Å². The van der Waals surface area contributed by atoms with Gasteiger partial charge in [0.2, 0.25) is 0 Å². The Morgan fingerprint density at radius 2 is 1.70 bits per heavy atom. The molecule has 1 N–H and O–H groups in total. The molecule has 1 aliphatic heterocycles. The molecule has 1 aliphatic rings. The summed E-state index contributed by atoms with van der Waals surface area (Å²) in [6, 6.07) is 17.3. The summed E-state index contributed by atoms with van der Waals surface area (Å²) in [5, 5.41) is 1.68. The van der Waals surface area contributed by atoms with Gasteiger partial charge in [-0.2, -0.15) is 0 Å². The molecule has 0 radical (unpaired) electrons. The number of fused-ring (bicyclic) bond motifs is 1. The van der Waals surface area contributed by atoms with Crippen molar-refractivity contribution in [2.24, 2.45) is 0 Å². The second-order valence-electron chi connectivity index (χ2n) is 7.03. The second-order valence-corrected chi connectivity index (χ2v) is 9.08. The van der Waals surface area contributed by atoms with Gasteiger partial charge in [0.1, 0.15) is 12.4 Å². The van der Waals surface area contributed by atoms with Crippen molar-refractivity contribution in [2.45, 2.75) is 4.90 Å². The molecule has 30 heavy (non-hydrogen) atoms. The zero-order valence-electron chi connectivity index (χ0n) is 16.4. The van der Waals surface area contributed by atoms with Crippen molar-refractivity contribution in [3.8, 4) is 5.75 Å². The third kappa shape index (κ3) is 4.87. The van der Waals surface area contributed by atoms with Crippen molar-refractivity contribution < 1.29 is 17.9 Å². The third-order valence-electron chi connectivity index (χ3n) is 4.99. The Kier molecular flexibility index (Phi) is 6.43. The van der Waals surface area contributed by atoms with E-state index in [1.165, 1.54) is 0 Å². The highest BCUT2D eigenvalue weighted by Crippen LogP contribution is 2.31. The van der Waals surface area contributed by atoms with Crippen LogP contribution in [0.1, 0.15) is 0 Å². The Labute approximate surface area is 181 Å². The number of nitrogens with zero attached hydrogens (tertiary/aromatic N) is 1. The van der Waals surface area contributed by atoms with Crippen molar-refractivity contribution in [1.82, 2.24) is 4.90 Å². The summed E-state index contributed by atoms with van der Waals surface area (Å²) in [7, 11) is -3.80. The number of morpholine rings is 1. The van der Waals surface area contributed by atoms with Crippen LogP contribution in [-0.2, 0) is 14.8 Å². The molecule has 1 heterocycles. The number of halogens is 1. The van der Waals surface area contributed by atoms with E-state index in [1.807, 2.05) is 12.1 Å². The van der Waals surface area contributed by atoms with Gasteiger partial charge in [0.25, 0.3) is 10.0 Å². The summed E-state index contributed by atoms with van der Waals surface area (Å²) in [5.41, 5.74) is 0.458. The summed E-state index contributed by atoms with van der Waals surface area (Å²) in [6.45, 7) is 4.76. The number of anilines is 1. The standard InChI is InChI=1S/C22H23ClN2O4S/c23-20-5-1-3-17-4-2-6-21(22(17)20)30(26,27)24-18-7-9-19(10-8-18)29-16-13-25-11-14-28-15-12-25/h1-10,24H,11-16H2. The van der Waals surface area contributed by atoms with Crippen LogP contribution in [0, 0.1) is 0 Å². The number of nitrogens with one attached hydrogen (secondary N) is 1. The summed E-state index contributed by atoms with van der Waals surface area (Å²) >= 11 is 6.28. The first-order valence-electron chi connectivity index (χ1n) is 9.76. The van der Waals surface area contributed by atoms with E-state index in [0.717, 1.165) is 38.2 Å². The van der Waals surface area contributed by atoms with E-state index < -0.39 is 10.0 Å². The predicted octanol–water partition coefficient (Wildman–Crippen LogP) is 4.01. The van der Waals surface area contributed by atoms with Gasteiger partial charge < -0.3 is 9.47 Å². The molecule has 1 fully saturated rings. The normalized spacial score (nSPS) is 15.2. The molecule has 0 unspecified atom stereocenters. The molecule has 0 saturated carbocycles. The Hall–Kier alpha value is -2.32. The maximum absolute atomic E-state index is 13.0. The van der Waals surface area contributed by atoms with E-state index >= 15 is 0 Å². The minimum absolute atomic E-state index is 0.149. The minimum atomic E-state index is -3.80. The molecule has 0 aliphatic carbocycles. The van der Waals surface area contributed by atoms with E-state index in [-0.39, 0.29) is 4.90 Å². The van der Waals surface area contributed by atoms with Crippen LogP contribution >= 0.6 is 11.6 Å². The maximum Gasteiger partial charge on any atom is 0.262 e. The van der Waals surface area contributed by atoms with Crippen LogP contribution in [0.5, 0.6) is 5.75 Å². The first-order valence-corrected chi connectivity index (χ1v) is 11.6. The highest BCUT2D eigenvalue weighted by Gasteiger charge is 2.19. The summed E-state index contributed by atoms with van der Waals surface area (Å²) < 4.78 is 39.7.